The van der Waals surface area contributed by atoms with Gasteiger partial charge in [-0.15, -0.1) is 0 Å². The average molecular weight is 666 g/mol. The fourth-order valence-electron chi connectivity index (χ4n) is 8.18. The third kappa shape index (κ3) is 4.81. The van der Waals surface area contributed by atoms with E-state index in [-0.39, 0.29) is 5.41 Å². The molecule has 0 spiro atoms. The zero-order chi connectivity index (χ0) is 34.8. The van der Waals surface area contributed by atoms with Crippen molar-refractivity contribution < 1.29 is 0 Å². The summed E-state index contributed by atoms with van der Waals surface area (Å²) < 4.78 is 2.37. The highest BCUT2D eigenvalue weighted by Crippen LogP contribution is 2.49. The Kier molecular flexibility index (Phi) is 6.84. The Morgan fingerprint density at radius 1 is 0.404 bits per heavy atom. The van der Waals surface area contributed by atoms with E-state index in [1.807, 2.05) is 18.2 Å². The maximum Gasteiger partial charge on any atom is 0.160 e. The van der Waals surface area contributed by atoms with Crippen LogP contribution in [-0.2, 0) is 5.41 Å². The summed E-state index contributed by atoms with van der Waals surface area (Å²) in [6.07, 6.45) is 0. The highest BCUT2D eigenvalue weighted by molar-refractivity contribution is 6.09. The van der Waals surface area contributed by atoms with Gasteiger partial charge in [0.15, 0.2) is 5.82 Å². The van der Waals surface area contributed by atoms with Gasteiger partial charge in [0.1, 0.15) is 0 Å². The summed E-state index contributed by atoms with van der Waals surface area (Å²) in [4.78, 5) is 10.3. The molecular weight excluding hydrogens is 631 g/mol. The van der Waals surface area contributed by atoms with E-state index < -0.39 is 0 Å². The smallest absolute Gasteiger partial charge is 0.160 e. The van der Waals surface area contributed by atoms with Gasteiger partial charge in [-0.05, 0) is 69.8 Å². The van der Waals surface area contributed by atoms with Crippen molar-refractivity contribution in [1.29, 1.82) is 0 Å². The van der Waals surface area contributed by atoms with Gasteiger partial charge in [0.25, 0.3) is 0 Å². The molecule has 0 amide bonds. The lowest BCUT2D eigenvalue weighted by atomic mass is 9.82. The molecule has 52 heavy (non-hydrogen) atoms. The standard InChI is InChI=1S/C49H35N3/c1-49(2)42-20-9-6-17-38(42)39-28-27-36(30-43(39)49)45-31-44(50-48(51-45)34-13-4-3-5-14-34)33-25-23-32(24-26-33)35-15-12-16-37(29-35)52-46-21-10-7-18-40(46)41-19-8-11-22-47(41)52/h3-31H,1-2H3. The van der Waals surface area contributed by atoms with Gasteiger partial charge in [-0.2, -0.15) is 0 Å². The van der Waals surface area contributed by atoms with E-state index in [1.165, 1.54) is 49.6 Å². The first-order chi connectivity index (χ1) is 25.5. The monoisotopic (exact) mass is 665 g/mol. The van der Waals surface area contributed by atoms with Gasteiger partial charge in [0, 0.05) is 38.6 Å². The summed E-state index contributed by atoms with van der Waals surface area (Å²) in [6.45, 7) is 4.64. The predicted molar refractivity (Wildman–Crippen MR) is 216 cm³/mol. The molecule has 0 aliphatic heterocycles. The summed E-state index contributed by atoms with van der Waals surface area (Å²) in [5, 5.41) is 2.53. The molecule has 3 heteroatoms. The summed E-state index contributed by atoms with van der Waals surface area (Å²) in [5.74, 6) is 0.721. The van der Waals surface area contributed by atoms with Crippen LogP contribution < -0.4 is 0 Å². The molecule has 7 aromatic carbocycles. The molecule has 1 aliphatic carbocycles. The molecule has 246 valence electrons. The molecule has 0 fully saturated rings. The molecule has 10 rings (SSSR count). The maximum absolute atomic E-state index is 5.15. The van der Waals surface area contributed by atoms with E-state index in [9.17, 15) is 0 Å². The Labute approximate surface area is 303 Å². The van der Waals surface area contributed by atoms with Gasteiger partial charge in [0.05, 0.1) is 22.4 Å². The summed E-state index contributed by atoms with van der Waals surface area (Å²) in [7, 11) is 0. The van der Waals surface area contributed by atoms with Crippen LogP contribution in [0.15, 0.2) is 176 Å². The first-order valence-electron chi connectivity index (χ1n) is 17.9. The second-order valence-electron chi connectivity index (χ2n) is 14.3. The van der Waals surface area contributed by atoms with Crippen LogP contribution in [0.3, 0.4) is 0 Å². The number of benzene rings is 7. The lowest BCUT2D eigenvalue weighted by Crippen LogP contribution is -2.14. The predicted octanol–water partition coefficient (Wildman–Crippen LogP) is 12.5. The van der Waals surface area contributed by atoms with Gasteiger partial charge in [0.2, 0.25) is 0 Å². The highest BCUT2D eigenvalue weighted by atomic mass is 15.0. The van der Waals surface area contributed by atoms with Crippen LogP contribution in [0.25, 0.3) is 83.6 Å². The number of hydrogen-bond acceptors (Lipinski definition) is 2. The van der Waals surface area contributed by atoms with Gasteiger partial charge < -0.3 is 4.57 Å². The van der Waals surface area contributed by atoms with Crippen LogP contribution in [0.1, 0.15) is 25.0 Å². The molecule has 0 saturated heterocycles. The highest BCUT2D eigenvalue weighted by Gasteiger charge is 2.35. The van der Waals surface area contributed by atoms with E-state index in [2.05, 4.69) is 176 Å². The number of para-hydroxylation sites is 2. The SMILES string of the molecule is CC1(C)c2ccccc2-c2ccc(-c3cc(-c4ccc(-c5cccc(-n6c7ccccc7c7ccccc76)c5)cc4)nc(-c4ccccc4)n3)cc21. The summed E-state index contributed by atoms with van der Waals surface area (Å²) in [6, 6.07) is 62.9. The second kappa shape index (κ2) is 11.8. The van der Waals surface area contributed by atoms with Crippen molar-refractivity contribution in [1.82, 2.24) is 14.5 Å². The Bertz CT molecular complexity index is 2750. The van der Waals surface area contributed by atoms with Gasteiger partial charge in [-0.1, -0.05) is 153 Å². The van der Waals surface area contributed by atoms with Gasteiger partial charge in [-0.25, -0.2) is 9.97 Å². The lowest BCUT2D eigenvalue weighted by Gasteiger charge is -2.22. The third-order valence-corrected chi connectivity index (χ3v) is 10.8. The zero-order valence-electron chi connectivity index (χ0n) is 29.1. The molecule has 1 aliphatic rings. The topological polar surface area (TPSA) is 30.7 Å². The second-order valence-corrected chi connectivity index (χ2v) is 14.3. The molecule has 0 bridgehead atoms. The van der Waals surface area contributed by atoms with Crippen molar-refractivity contribution in [2.24, 2.45) is 0 Å². The Morgan fingerprint density at radius 2 is 0.981 bits per heavy atom. The minimum Gasteiger partial charge on any atom is -0.309 e. The van der Waals surface area contributed by atoms with Crippen LogP contribution in [0, 0.1) is 0 Å². The van der Waals surface area contributed by atoms with Crippen LogP contribution in [0.2, 0.25) is 0 Å². The molecule has 9 aromatic rings. The molecule has 2 heterocycles. The molecule has 0 N–H and O–H groups in total. The minimum absolute atomic E-state index is 0.0886. The number of rotatable bonds is 5. The van der Waals surface area contributed by atoms with Crippen molar-refractivity contribution in [2.75, 3.05) is 0 Å². The van der Waals surface area contributed by atoms with Crippen LogP contribution in [0.5, 0.6) is 0 Å². The number of aromatic nitrogens is 3. The van der Waals surface area contributed by atoms with Crippen molar-refractivity contribution in [3.63, 3.8) is 0 Å². The number of hydrogen-bond donors (Lipinski definition) is 0. The lowest BCUT2D eigenvalue weighted by molar-refractivity contribution is 0.660. The van der Waals surface area contributed by atoms with Crippen molar-refractivity contribution in [3.8, 4) is 61.8 Å². The Morgan fingerprint density at radius 3 is 1.73 bits per heavy atom. The number of fused-ring (bicyclic) bond motifs is 6. The van der Waals surface area contributed by atoms with Crippen molar-refractivity contribution in [2.45, 2.75) is 19.3 Å². The van der Waals surface area contributed by atoms with Crippen LogP contribution in [-0.4, -0.2) is 14.5 Å². The maximum atomic E-state index is 5.15. The quantitative estimate of drug-likeness (QED) is 0.183. The van der Waals surface area contributed by atoms with E-state index in [4.69, 9.17) is 9.97 Å². The van der Waals surface area contributed by atoms with Crippen molar-refractivity contribution >= 4 is 21.8 Å². The average Bonchev–Trinajstić information content (AvgIpc) is 3.66. The van der Waals surface area contributed by atoms with Crippen molar-refractivity contribution in [3.05, 3.63) is 187 Å². The fourth-order valence-corrected chi connectivity index (χ4v) is 8.18. The Hall–Kier alpha value is -6.58. The first kappa shape index (κ1) is 30.3. The Balaban J connectivity index is 1.05. The van der Waals surface area contributed by atoms with E-state index in [0.717, 1.165) is 45.2 Å². The van der Waals surface area contributed by atoms with E-state index in [0.29, 0.717) is 0 Å². The van der Waals surface area contributed by atoms with Gasteiger partial charge in [-0.3, -0.25) is 0 Å². The molecule has 0 radical (unpaired) electrons. The molecule has 3 nitrogen and oxygen atoms in total. The minimum atomic E-state index is -0.0886. The molecule has 0 atom stereocenters. The normalized spacial score (nSPS) is 13.0. The van der Waals surface area contributed by atoms with Crippen LogP contribution in [0.4, 0.5) is 0 Å². The van der Waals surface area contributed by atoms with E-state index >= 15 is 0 Å². The molecule has 2 aromatic heterocycles. The number of nitrogens with zero attached hydrogens (tertiary/aromatic N) is 3. The molecular formula is C49H35N3. The van der Waals surface area contributed by atoms with Gasteiger partial charge >= 0.3 is 0 Å². The zero-order valence-corrected chi connectivity index (χ0v) is 29.1. The summed E-state index contributed by atoms with van der Waals surface area (Å²) >= 11 is 0. The third-order valence-electron chi connectivity index (χ3n) is 10.8. The molecule has 0 saturated carbocycles. The largest absolute Gasteiger partial charge is 0.309 e. The van der Waals surface area contributed by atoms with E-state index in [1.54, 1.807) is 0 Å². The fraction of sp³-hybridized carbons (Fsp3) is 0.0612. The first-order valence-corrected chi connectivity index (χ1v) is 17.9. The summed E-state index contributed by atoms with van der Waals surface area (Å²) in [5.41, 5.74) is 16.1. The molecule has 0 unspecified atom stereocenters. The van der Waals surface area contributed by atoms with Crippen LogP contribution >= 0.6 is 0 Å².